The van der Waals surface area contributed by atoms with Gasteiger partial charge in [0.1, 0.15) is 5.69 Å². The lowest BCUT2D eigenvalue weighted by Crippen LogP contribution is -2.35. The van der Waals surface area contributed by atoms with Crippen LogP contribution < -0.4 is 5.32 Å². The highest BCUT2D eigenvalue weighted by Crippen LogP contribution is 2.37. The van der Waals surface area contributed by atoms with Crippen molar-refractivity contribution < 1.29 is 19.3 Å². The van der Waals surface area contributed by atoms with Gasteiger partial charge in [-0.25, -0.2) is 0 Å². The monoisotopic (exact) mass is 387 g/mol. The van der Waals surface area contributed by atoms with Gasteiger partial charge in [-0.1, -0.05) is 25.2 Å². The topological polar surface area (TPSA) is 119 Å². The number of nitrogens with zero attached hydrogens (tertiary/aromatic N) is 2. The molecule has 0 bridgehead atoms. The molecule has 1 atom stereocenters. The Bertz CT molecular complexity index is 979. The molecule has 0 aromatic carbocycles. The van der Waals surface area contributed by atoms with Crippen molar-refractivity contribution in [2.75, 3.05) is 0 Å². The lowest BCUT2D eigenvalue weighted by atomic mass is 9.89. The van der Waals surface area contributed by atoms with Crippen LogP contribution in [0.15, 0.2) is 18.3 Å². The molecule has 0 fully saturated rings. The van der Waals surface area contributed by atoms with E-state index in [1.807, 2.05) is 20.8 Å². The summed E-state index contributed by atoms with van der Waals surface area (Å²) in [5, 5.41) is 13.5. The number of thiophene rings is 1. The minimum absolute atomic E-state index is 0.0310. The highest BCUT2D eigenvalue weighted by atomic mass is 32.1. The number of rotatable bonds is 5. The third-order valence-corrected chi connectivity index (χ3v) is 5.28. The molecular formula is C18H17N3O5S. The zero-order chi connectivity index (χ0) is 19.9. The van der Waals surface area contributed by atoms with Gasteiger partial charge in [0.25, 0.3) is 5.91 Å². The van der Waals surface area contributed by atoms with Crippen molar-refractivity contribution in [3.63, 3.8) is 0 Å². The van der Waals surface area contributed by atoms with E-state index in [1.165, 1.54) is 12.3 Å². The molecule has 2 aromatic rings. The average Bonchev–Trinajstić information content (AvgIpc) is 3.04. The van der Waals surface area contributed by atoms with Gasteiger partial charge in [-0.05, 0) is 25.3 Å². The second-order valence-electron chi connectivity index (χ2n) is 6.83. The summed E-state index contributed by atoms with van der Waals surface area (Å²) in [6, 6.07) is 2.35. The van der Waals surface area contributed by atoms with Crippen LogP contribution in [0.4, 0.5) is 5.00 Å². The highest BCUT2D eigenvalue weighted by Gasteiger charge is 2.38. The van der Waals surface area contributed by atoms with Crippen LogP contribution in [-0.4, -0.2) is 33.4 Å². The largest absolute Gasteiger partial charge is 0.350 e. The summed E-state index contributed by atoms with van der Waals surface area (Å²) >= 11 is 0.633. The van der Waals surface area contributed by atoms with Crippen LogP contribution in [0.3, 0.4) is 0 Å². The van der Waals surface area contributed by atoms with E-state index in [0.717, 1.165) is 12.5 Å². The van der Waals surface area contributed by atoms with Gasteiger partial charge in [0, 0.05) is 18.3 Å². The zero-order valence-corrected chi connectivity index (χ0v) is 15.8. The first kappa shape index (κ1) is 18.8. The standard InChI is InChI=1S/C18H17N3O5S/c1-8(2)6-9(3)20-18(24)10-4-5-19-14-13(10)16(23)17-11(15(14)22)7-12(27-17)21(25)26/h4-5,7-9H,6H2,1-3H3,(H,20,24). The molecule has 0 aliphatic heterocycles. The third kappa shape index (κ3) is 3.37. The summed E-state index contributed by atoms with van der Waals surface area (Å²) in [6.07, 6.45) is 2.05. The second-order valence-corrected chi connectivity index (χ2v) is 7.86. The normalized spacial score (nSPS) is 13.9. The number of fused-ring (bicyclic) bond motifs is 2. The van der Waals surface area contributed by atoms with Crippen LogP contribution in [0.2, 0.25) is 0 Å². The fraction of sp³-hybridized carbons (Fsp3) is 0.333. The maximum Gasteiger partial charge on any atom is 0.325 e. The Balaban J connectivity index is 2.02. The van der Waals surface area contributed by atoms with Crippen molar-refractivity contribution in [2.45, 2.75) is 33.2 Å². The molecule has 1 aliphatic carbocycles. The molecule has 1 unspecified atom stereocenters. The molecule has 0 saturated heterocycles. The van der Waals surface area contributed by atoms with Crippen LogP contribution in [0.5, 0.6) is 0 Å². The molecule has 1 N–H and O–H groups in total. The molecule has 1 aliphatic rings. The fourth-order valence-electron chi connectivity index (χ4n) is 3.17. The van der Waals surface area contributed by atoms with Crippen molar-refractivity contribution in [3.05, 3.63) is 55.7 Å². The Hall–Kier alpha value is -2.94. The van der Waals surface area contributed by atoms with Crippen molar-refractivity contribution in [1.29, 1.82) is 0 Å². The van der Waals surface area contributed by atoms with Gasteiger partial charge >= 0.3 is 5.00 Å². The molecule has 1 amide bonds. The molecule has 9 heteroatoms. The van der Waals surface area contributed by atoms with E-state index < -0.39 is 22.4 Å². The van der Waals surface area contributed by atoms with Gasteiger partial charge in [-0.15, -0.1) is 0 Å². The number of carbonyl (C=O) groups excluding carboxylic acids is 3. The van der Waals surface area contributed by atoms with Crippen molar-refractivity contribution in [2.24, 2.45) is 5.92 Å². The van der Waals surface area contributed by atoms with E-state index in [1.54, 1.807) is 0 Å². The first-order chi connectivity index (χ1) is 12.7. The molecule has 0 spiro atoms. The number of carbonyl (C=O) groups is 3. The molecule has 0 radical (unpaired) electrons. The molecule has 140 valence electrons. The maximum absolute atomic E-state index is 12.9. The van der Waals surface area contributed by atoms with Crippen molar-refractivity contribution in [3.8, 4) is 0 Å². The van der Waals surface area contributed by atoms with Gasteiger partial charge in [0.2, 0.25) is 11.6 Å². The van der Waals surface area contributed by atoms with Crippen LogP contribution >= 0.6 is 11.3 Å². The van der Waals surface area contributed by atoms with Crippen LogP contribution in [0.25, 0.3) is 0 Å². The lowest BCUT2D eigenvalue weighted by molar-refractivity contribution is -0.380. The smallest absolute Gasteiger partial charge is 0.325 e. The summed E-state index contributed by atoms with van der Waals surface area (Å²) in [4.78, 5) is 52.5. The van der Waals surface area contributed by atoms with E-state index in [-0.39, 0.29) is 38.3 Å². The Morgan fingerprint density at radius 2 is 2.00 bits per heavy atom. The summed E-state index contributed by atoms with van der Waals surface area (Å²) in [5.74, 6) is -1.28. The van der Waals surface area contributed by atoms with Crippen LogP contribution in [0.1, 0.15) is 68.8 Å². The first-order valence-electron chi connectivity index (χ1n) is 8.38. The summed E-state index contributed by atoms with van der Waals surface area (Å²) in [7, 11) is 0. The SMILES string of the molecule is CC(C)CC(C)NC(=O)c1ccnc2c1C(=O)c1sc([N+](=O)[O-])cc1C2=O. The van der Waals surface area contributed by atoms with Gasteiger partial charge in [-0.3, -0.25) is 29.5 Å². The second kappa shape index (κ2) is 6.99. The Labute approximate surface area is 158 Å². The summed E-state index contributed by atoms with van der Waals surface area (Å²) in [6.45, 7) is 5.92. The maximum atomic E-state index is 12.9. The van der Waals surface area contributed by atoms with E-state index in [4.69, 9.17) is 0 Å². The van der Waals surface area contributed by atoms with Gasteiger partial charge in [0.05, 0.1) is 26.5 Å². The van der Waals surface area contributed by atoms with E-state index in [0.29, 0.717) is 17.3 Å². The molecule has 3 rings (SSSR count). The van der Waals surface area contributed by atoms with E-state index in [2.05, 4.69) is 10.3 Å². The average molecular weight is 387 g/mol. The quantitative estimate of drug-likeness (QED) is 0.531. The number of amides is 1. The predicted octanol–water partition coefficient (Wildman–Crippen LogP) is 2.99. The molecule has 2 aromatic heterocycles. The van der Waals surface area contributed by atoms with Crippen molar-refractivity contribution in [1.82, 2.24) is 10.3 Å². The summed E-state index contributed by atoms with van der Waals surface area (Å²) < 4.78 is 0. The van der Waals surface area contributed by atoms with E-state index in [9.17, 15) is 24.5 Å². The number of hydrogen-bond acceptors (Lipinski definition) is 7. The van der Waals surface area contributed by atoms with Gasteiger partial charge in [0.15, 0.2) is 0 Å². The number of aromatic nitrogens is 1. The van der Waals surface area contributed by atoms with Crippen LogP contribution in [-0.2, 0) is 0 Å². The number of pyridine rings is 1. The Morgan fingerprint density at radius 3 is 2.63 bits per heavy atom. The molecule has 8 nitrogen and oxygen atoms in total. The Morgan fingerprint density at radius 1 is 1.30 bits per heavy atom. The Kier molecular flexibility index (Phi) is 4.88. The van der Waals surface area contributed by atoms with Gasteiger partial charge in [-0.2, -0.15) is 0 Å². The molecular weight excluding hydrogens is 370 g/mol. The zero-order valence-electron chi connectivity index (χ0n) is 14.9. The van der Waals surface area contributed by atoms with Crippen molar-refractivity contribution >= 4 is 33.8 Å². The first-order valence-corrected chi connectivity index (χ1v) is 9.19. The van der Waals surface area contributed by atoms with E-state index >= 15 is 0 Å². The predicted molar refractivity (Wildman–Crippen MR) is 98.5 cm³/mol. The minimum atomic E-state index is -0.650. The van der Waals surface area contributed by atoms with Crippen LogP contribution in [0, 0.1) is 16.0 Å². The number of ketones is 2. The molecule has 2 heterocycles. The number of nitro groups is 1. The number of nitrogens with one attached hydrogen (secondary N) is 1. The highest BCUT2D eigenvalue weighted by molar-refractivity contribution is 7.18. The summed E-state index contributed by atoms with van der Waals surface area (Å²) in [5.41, 5.74) is -0.233. The third-order valence-electron chi connectivity index (χ3n) is 4.19. The number of hydrogen-bond donors (Lipinski definition) is 1. The van der Waals surface area contributed by atoms with Gasteiger partial charge < -0.3 is 5.32 Å². The molecule has 27 heavy (non-hydrogen) atoms. The fourth-order valence-corrected chi connectivity index (χ4v) is 4.08. The minimum Gasteiger partial charge on any atom is -0.350 e. The molecule has 0 saturated carbocycles. The lowest BCUT2D eigenvalue weighted by Gasteiger charge is -2.19.